The number of amides is 2. The van der Waals surface area contributed by atoms with E-state index in [9.17, 15) is 24.3 Å². The van der Waals surface area contributed by atoms with Crippen LogP contribution in [0.2, 0.25) is 0 Å². The minimum atomic E-state index is -1.37. The topological polar surface area (TPSA) is 209 Å². The van der Waals surface area contributed by atoms with Crippen molar-refractivity contribution in [1.29, 1.82) is 0 Å². The first kappa shape index (κ1) is 23.1. The first-order valence-electron chi connectivity index (χ1n) is 9.04. The molecule has 9 N–H and O–H groups in total. The van der Waals surface area contributed by atoms with Gasteiger partial charge in [-0.15, -0.1) is 0 Å². The van der Waals surface area contributed by atoms with Gasteiger partial charge in [-0.25, -0.2) is 4.79 Å². The summed E-state index contributed by atoms with van der Waals surface area (Å²) in [4.78, 5) is 50.6. The predicted molar refractivity (Wildman–Crippen MR) is 99.3 cm³/mol. The Kier molecular flexibility index (Phi) is 9.71. The van der Waals surface area contributed by atoms with Gasteiger partial charge in [-0.3, -0.25) is 19.4 Å². The van der Waals surface area contributed by atoms with E-state index in [0.29, 0.717) is 19.4 Å². The summed E-state index contributed by atoms with van der Waals surface area (Å²) in [6.45, 7) is 0.945. The van der Waals surface area contributed by atoms with E-state index < -0.39 is 42.4 Å². The highest BCUT2D eigenvalue weighted by molar-refractivity contribution is 5.92. The first-order chi connectivity index (χ1) is 13.2. The van der Waals surface area contributed by atoms with Crippen LogP contribution in [0.3, 0.4) is 0 Å². The van der Waals surface area contributed by atoms with Crippen LogP contribution in [0.15, 0.2) is 4.99 Å². The lowest BCUT2D eigenvalue weighted by Crippen LogP contribution is -2.54. The van der Waals surface area contributed by atoms with Crippen molar-refractivity contribution in [2.45, 2.75) is 56.7 Å². The summed E-state index contributed by atoms with van der Waals surface area (Å²) in [5.74, 6) is -3.67. The molecule has 1 aliphatic rings. The molecule has 0 spiro atoms. The number of aliphatic imine (C=N–C) groups is 1. The fourth-order valence-corrected chi connectivity index (χ4v) is 2.75. The Labute approximate surface area is 162 Å². The van der Waals surface area contributed by atoms with Gasteiger partial charge in [0.1, 0.15) is 12.1 Å². The Bertz CT molecular complexity index is 600. The van der Waals surface area contributed by atoms with Gasteiger partial charge < -0.3 is 37.6 Å². The van der Waals surface area contributed by atoms with E-state index in [4.69, 9.17) is 16.6 Å². The Morgan fingerprint density at radius 1 is 1.11 bits per heavy atom. The van der Waals surface area contributed by atoms with Gasteiger partial charge in [-0.1, -0.05) is 0 Å². The molecule has 0 aromatic carbocycles. The predicted octanol–water partition coefficient (Wildman–Crippen LogP) is -2.29. The third-order valence-corrected chi connectivity index (χ3v) is 4.22. The van der Waals surface area contributed by atoms with Crippen LogP contribution in [0.5, 0.6) is 0 Å². The Hall–Kier alpha value is -2.89. The molecule has 0 unspecified atom stereocenters. The molecular weight excluding hydrogens is 372 g/mol. The van der Waals surface area contributed by atoms with Gasteiger partial charge >= 0.3 is 11.9 Å². The molecule has 1 rings (SSSR count). The van der Waals surface area contributed by atoms with E-state index in [1.54, 1.807) is 0 Å². The highest BCUT2D eigenvalue weighted by Crippen LogP contribution is 2.07. The lowest BCUT2D eigenvalue weighted by molar-refractivity contribution is -0.143. The number of aliphatic carboxylic acids is 2. The molecule has 0 saturated carbocycles. The Morgan fingerprint density at radius 3 is 2.36 bits per heavy atom. The number of hydrogen-bond donors (Lipinski definition) is 7. The maximum absolute atomic E-state index is 12.5. The molecule has 0 aliphatic carbocycles. The maximum Gasteiger partial charge on any atom is 0.326 e. The molecule has 0 aromatic heterocycles. The number of hydrogen-bond acceptors (Lipinski definition) is 6. The van der Waals surface area contributed by atoms with Crippen molar-refractivity contribution in [3.8, 4) is 0 Å². The fraction of sp³-hybridized carbons (Fsp3) is 0.688. The standard InChI is InChI=1S/C16H28N6O6/c17-16(18)20-8-2-4-10(21-13(25)9-3-1-7-19-9)14(26)22-11(15(27)28)5-6-12(23)24/h9-11,19H,1-8H2,(H,21,25)(H,22,26)(H,23,24)(H,27,28)(H4,17,18,20)/t9-,10-,11-/m0/s1. The molecule has 12 nitrogen and oxygen atoms in total. The van der Waals surface area contributed by atoms with E-state index >= 15 is 0 Å². The lowest BCUT2D eigenvalue weighted by atomic mass is 10.1. The quantitative estimate of drug-likeness (QED) is 0.107. The van der Waals surface area contributed by atoms with E-state index in [-0.39, 0.29) is 31.3 Å². The molecule has 2 amide bonds. The molecule has 12 heteroatoms. The zero-order valence-electron chi connectivity index (χ0n) is 15.5. The normalized spacial score (nSPS) is 17.9. The highest BCUT2D eigenvalue weighted by Gasteiger charge is 2.29. The van der Waals surface area contributed by atoms with E-state index in [1.165, 1.54) is 0 Å². The van der Waals surface area contributed by atoms with Gasteiger partial charge in [0.15, 0.2) is 5.96 Å². The summed E-state index contributed by atoms with van der Waals surface area (Å²) in [5, 5.41) is 25.8. The molecule has 0 aromatic rings. The van der Waals surface area contributed by atoms with E-state index in [0.717, 1.165) is 6.42 Å². The van der Waals surface area contributed by atoms with E-state index in [1.807, 2.05) is 0 Å². The van der Waals surface area contributed by atoms with Crippen LogP contribution in [0.1, 0.15) is 38.5 Å². The second-order valence-electron chi connectivity index (χ2n) is 6.49. The number of carboxylic acid groups (broad SMARTS) is 2. The van der Waals surface area contributed by atoms with Crippen molar-refractivity contribution < 1.29 is 29.4 Å². The van der Waals surface area contributed by atoms with Gasteiger partial charge in [-0.05, 0) is 38.6 Å². The van der Waals surface area contributed by atoms with Gasteiger partial charge in [0, 0.05) is 13.0 Å². The summed E-state index contributed by atoms with van der Waals surface area (Å²) >= 11 is 0. The molecule has 3 atom stereocenters. The minimum absolute atomic E-state index is 0.0974. The van der Waals surface area contributed by atoms with Crippen molar-refractivity contribution in [1.82, 2.24) is 16.0 Å². The number of nitrogens with zero attached hydrogens (tertiary/aromatic N) is 1. The van der Waals surface area contributed by atoms with Crippen LogP contribution < -0.4 is 27.4 Å². The molecule has 1 saturated heterocycles. The van der Waals surface area contributed by atoms with Crippen LogP contribution >= 0.6 is 0 Å². The Morgan fingerprint density at radius 2 is 1.82 bits per heavy atom. The van der Waals surface area contributed by atoms with Gasteiger partial charge in [0.25, 0.3) is 0 Å². The van der Waals surface area contributed by atoms with Crippen LogP contribution in [0.25, 0.3) is 0 Å². The van der Waals surface area contributed by atoms with E-state index in [2.05, 4.69) is 20.9 Å². The molecule has 1 aliphatic heterocycles. The van der Waals surface area contributed by atoms with Crippen molar-refractivity contribution in [2.24, 2.45) is 16.5 Å². The minimum Gasteiger partial charge on any atom is -0.481 e. The van der Waals surface area contributed by atoms with Crippen molar-refractivity contribution in [3.63, 3.8) is 0 Å². The third kappa shape index (κ3) is 8.66. The summed E-state index contributed by atoms with van der Waals surface area (Å²) < 4.78 is 0. The Balaban J connectivity index is 2.73. The monoisotopic (exact) mass is 400 g/mol. The maximum atomic E-state index is 12.5. The van der Waals surface area contributed by atoms with Crippen LogP contribution in [0.4, 0.5) is 0 Å². The van der Waals surface area contributed by atoms with Crippen LogP contribution in [-0.4, -0.2) is 71.1 Å². The second-order valence-corrected chi connectivity index (χ2v) is 6.49. The van der Waals surface area contributed by atoms with Crippen LogP contribution in [-0.2, 0) is 19.2 Å². The van der Waals surface area contributed by atoms with Crippen molar-refractivity contribution in [3.05, 3.63) is 0 Å². The summed E-state index contributed by atoms with van der Waals surface area (Å²) in [6.07, 6.45) is 1.37. The number of rotatable bonds is 12. The molecular formula is C16H28N6O6. The number of guanidine groups is 1. The highest BCUT2D eigenvalue weighted by atomic mass is 16.4. The smallest absolute Gasteiger partial charge is 0.326 e. The third-order valence-electron chi connectivity index (χ3n) is 4.22. The SMILES string of the molecule is NC(N)=NCCC[C@H](NC(=O)[C@@H]1CCCN1)C(=O)N[C@@H](CCC(=O)O)C(=O)O. The summed E-state index contributed by atoms with van der Waals surface area (Å²) in [5.41, 5.74) is 10.5. The molecule has 28 heavy (non-hydrogen) atoms. The van der Waals surface area contributed by atoms with Gasteiger partial charge in [0.05, 0.1) is 6.04 Å². The average Bonchev–Trinajstić information content (AvgIpc) is 3.14. The molecule has 0 radical (unpaired) electrons. The molecule has 1 heterocycles. The number of nitrogens with one attached hydrogen (secondary N) is 3. The van der Waals surface area contributed by atoms with Gasteiger partial charge in [-0.2, -0.15) is 0 Å². The zero-order chi connectivity index (χ0) is 21.1. The van der Waals surface area contributed by atoms with Crippen molar-refractivity contribution >= 4 is 29.7 Å². The number of nitrogens with two attached hydrogens (primary N) is 2. The second kappa shape index (κ2) is 11.7. The average molecular weight is 400 g/mol. The number of carboxylic acids is 2. The first-order valence-corrected chi connectivity index (χ1v) is 9.04. The summed E-state index contributed by atoms with van der Waals surface area (Å²) in [6, 6.07) is -2.77. The largest absolute Gasteiger partial charge is 0.481 e. The summed E-state index contributed by atoms with van der Waals surface area (Å²) in [7, 11) is 0. The fourth-order valence-electron chi connectivity index (χ4n) is 2.75. The van der Waals surface area contributed by atoms with Gasteiger partial charge in [0.2, 0.25) is 11.8 Å². The molecule has 1 fully saturated rings. The lowest BCUT2D eigenvalue weighted by Gasteiger charge is -2.22. The van der Waals surface area contributed by atoms with Crippen molar-refractivity contribution in [2.75, 3.05) is 13.1 Å². The van der Waals surface area contributed by atoms with Crippen LogP contribution in [0, 0.1) is 0 Å². The zero-order valence-corrected chi connectivity index (χ0v) is 15.5. The molecule has 0 bridgehead atoms. The number of carbonyl (C=O) groups excluding carboxylic acids is 2. The number of carbonyl (C=O) groups is 4. The molecule has 158 valence electrons.